The topological polar surface area (TPSA) is 0 Å². The Morgan fingerprint density at radius 2 is 0.700 bits per heavy atom. The van der Waals surface area contributed by atoms with Gasteiger partial charge >= 0.3 is 0 Å². The lowest BCUT2D eigenvalue weighted by Crippen LogP contribution is -1.82. The van der Waals surface area contributed by atoms with Crippen LogP contribution < -0.4 is 0 Å². The molecule has 0 aliphatic carbocycles. The minimum atomic E-state index is 1.25. The van der Waals surface area contributed by atoms with Gasteiger partial charge in [-0.15, -0.1) is 0 Å². The molecule has 0 aromatic heterocycles. The molecule has 30 heavy (non-hydrogen) atoms. The molecule has 0 nitrogen and oxygen atoms in total. The molecule has 0 bridgehead atoms. The molecule has 0 heteroatoms. The minimum absolute atomic E-state index is 1.25. The third-order valence-corrected chi connectivity index (χ3v) is 6.00. The summed E-state index contributed by atoms with van der Waals surface area (Å²) in [6, 6.07) is 39.4. The van der Waals surface area contributed by atoms with Crippen LogP contribution in [0, 0.1) is 0 Å². The van der Waals surface area contributed by atoms with Crippen molar-refractivity contribution < 1.29 is 0 Å². The van der Waals surface area contributed by atoms with Gasteiger partial charge in [-0.2, -0.15) is 0 Å². The van der Waals surface area contributed by atoms with Crippen molar-refractivity contribution in [2.75, 3.05) is 0 Å². The molecule has 140 valence electrons. The first kappa shape index (κ1) is 17.0. The van der Waals surface area contributed by atoms with Gasteiger partial charge in [-0.05, 0) is 78.5 Å². The Morgan fingerprint density at radius 1 is 0.333 bits per heavy atom. The van der Waals surface area contributed by atoms with Crippen molar-refractivity contribution in [1.29, 1.82) is 0 Å². The van der Waals surface area contributed by atoms with Crippen LogP contribution in [0.1, 0.15) is 11.1 Å². The lowest BCUT2D eigenvalue weighted by Gasteiger charge is -2.07. The highest BCUT2D eigenvalue weighted by atomic mass is 14.1. The smallest absolute Gasteiger partial charge is 0.0105 e. The van der Waals surface area contributed by atoms with Gasteiger partial charge in [0.15, 0.2) is 0 Å². The molecule has 0 aliphatic rings. The largest absolute Gasteiger partial charge is 0.0616 e. The van der Waals surface area contributed by atoms with Crippen LogP contribution in [0.5, 0.6) is 0 Å². The van der Waals surface area contributed by atoms with Crippen LogP contribution in [0.4, 0.5) is 0 Å². The van der Waals surface area contributed by atoms with Gasteiger partial charge in [-0.1, -0.05) is 97.1 Å². The van der Waals surface area contributed by atoms with Crippen molar-refractivity contribution in [1.82, 2.24) is 0 Å². The first-order chi connectivity index (χ1) is 14.8. The van der Waals surface area contributed by atoms with Crippen molar-refractivity contribution in [3.05, 3.63) is 120 Å². The molecule has 0 N–H and O–H groups in total. The van der Waals surface area contributed by atoms with Crippen molar-refractivity contribution in [3.63, 3.8) is 0 Å². The third-order valence-electron chi connectivity index (χ3n) is 6.00. The van der Waals surface area contributed by atoms with Crippen LogP contribution >= 0.6 is 0 Å². The lowest BCUT2D eigenvalue weighted by atomic mass is 9.97. The molecule has 0 amide bonds. The maximum absolute atomic E-state index is 2.31. The molecule has 0 aliphatic heterocycles. The molecule has 0 spiro atoms. The second-order valence-corrected chi connectivity index (χ2v) is 7.87. The lowest BCUT2D eigenvalue weighted by molar-refractivity contribution is 1.72. The normalized spacial score (nSPS) is 11.9. The quantitative estimate of drug-likeness (QED) is 0.209. The molecule has 0 saturated heterocycles. The summed E-state index contributed by atoms with van der Waals surface area (Å²) in [6.07, 6.45) is 4.50. The Hall–Kier alpha value is -3.90. The zero-order chi connectivity index (χ0) is 19.9. The average Bonchev–Trinajstić information content (AvgIpc) is 2.80. The van der Waals surface area contributed by atoms with Gasteiger partial charge in [0.05, 0.1) is 0 Å². The first-order valence-electron chi connectivity index (χ1n) is 10.4. The fourth-order valence-corrected chi connectivity index (χ4v) is 4.45. The zero-order valence-electron chi connectivity index (χ0n) is 16.5. The first-order valence-corrected chi connectivity index (χ1v) is 10.4. The van der Waals surface area contributed by atoms with Crippen LogP contribution in [0.15, 0.2) is 109 Å². The Kier molecular flexibility index (Phi) is 3.89. The van der Waals surface area contributed by atoms with Crippen LogP contribution in [0.2, 0.25) is 0 Å². The van der Waals surface area contributed by atoms with Crippen molar-refractivity contribution >= 4 is 55.2 Å². The van der Waals surface area contributed by atoms with E-state index in [1.165, 1.54) is 54.2 Å². The standard InChI is InChI=1S/C30H20/c1-3-9-25-19-29-21(11-5-13-27(29)17-23(25)7-1)15-16-22-12-6-14-28-18-24-8-2-4-10-26(24)20-30(22)28/h1-20H. The molecule has 6 aromatic carbocycles. The van der Waals surface area contributed by atoms with Gasteiger partial charge in [0.1, 0.15) is 0 Å². The molecule has 6 aromatic rings. The van der Waals surface area contributed by atoms with E-state index in [0.717, 1.165) is 0 Å². The molecule has 0 atom stereocenters. The summed E-state index contributed by atoms with van der Waals surface area (Å²) >= 11 is 0. The van der Waals surface area contributed by atoms with Gasteiger partial charge in [0.2, 0.25) is 0 Å². The van der Waals surface area contributed by atoms with E-state index in [9.17, 15) is 0 Å². The highest BCUT2D eigenvalue weighted by Gasteiger charge is 2.03. The van der Waals surface area contributed by atoms with E-state index in [1.54, 1.807) is 0 Å². The van der Waals surface area contributed by atoms with E-state index in [4.69, 9.17) is 0 Å². The van der Waals surface area contributed by atoms with Crippen LogP contribution in [-0.2, 0) is 0 Å². The van der Waals surface area contributed by atoms with E-state index in [1.807, 2.05) is 0 Å². The van der Waals surface area contributed by atoms with E-state index >= 15 is 0 Å². The second-order valence-electron chi connectivity index (χ2n) is 7.87. The van der Waals surface area contributed by atoms with E-state index in [2.05, 4.69) is 121 Å². The molecule has 0 fully saturated rings. The summed E-state index contributed by atoms with van der Waals surface area (Å²) in [5.41, 5.74) is 2.49. The fraction of sp³-hybridized carbons (Fsp3) is 0. The van der Waals surface area contributed by atoms with Gasteiger partial charge in [-0.3, -0.25) is 0 Å². The minimum Gasteiger partial charge on any atom is -0.0616 e. The zero-order valence-corrected chi connectivity index (χ0v) is 16.5. The van der Waals surface area contributed by atoms with Gasteiger partial charge in [0, 0.05) is 0 Å². The second kappa shape index (κ2) is 6.86. The van der Waals surface area contributed by atoms with Gasteiger partial charge in [0.25, 0.3) is 0 Å². The van der Waals surface area contributed by atoms with Crippen molar-refractivity contribution in [3.8, 4) is 0 Å². The SMILES string of the molecule is C(=Cc1cccc2cc3ccccc3cc12)c1cccc2cc3ccccc3cc12. The summed E-state index contributed by atoms with van der Waals surface area (Å²) in [6.45, 7) is 0. The number of hydrogen-bond donors (Lipinski definition) is 0. The highest BCUT2D eigenvalue weighted by molar-refractivity contribution is 6.05. The average molecular weight is 380 g/mol. The van der Waals surface area contributed by atoms with Crippen LogP contribution in [0.25, 0.3) is 55.2 Å². The summed E-state index contributed by atoms with van der Waals surface area (Å²) in [5.74, 6) is 0. The summed E-state index contributed by atoms with van der Waals surface area (Å²) in [5, 5.41) is 10.3. The number of rotatable bonds is 2. The number of fused-ring (bicyclic) bond motifs is 4. The maximum atomic E-state index is 2.31. The van der Waals surface area contributed by atoms with Gasteiger partial charge in [-0.25, -0.2) is 0 Å². The molecule has 6 rings (SSSR count). The Bertz CT molecular complexity index is 1460. The molecule has 0 heterocycles. The highest BCUT2D eigenvalue weighted by Crippen LogP contribution is 2.29. The van der Waals surface area contributed by atoms with Gasteiger partial charge < -0.3 is 0 Å². The molecule has 0 unspecified atom stereocenters. The number of hydrogen-bond acceptors (Lipinski definition) is 0. The Balaban J connectivity index is 1.51. The Labute approximate surface area is 175 Å². The molecular formula is C30H20. The fourth-order valence-electron chi connectivity index (χ4n) is 4.45. The summed E-state index contributed by atoms with van der Waals surface area (Å²) in [7, 11) is 0. The van der Waals surface area contributed by atoms with E-state index in [-0.39, 0.29) is 0 Å². The van der Waals surface area contributed by atoms with Crippen LogP contribution in [-0.4, -0.2) is 0 Å². The maximum Gasteiger partial charge on any atom is -0.0105 e. The predicted molar refractivity (Wildman–Crippen MR) is 132 cm³/mol. The number of benzene rings is 6. The van der Waals surface area contributed by atoms with Crippen molar-refractivity contribution in [2.24, 2.45) is 0 Å². The summed E-state index contributed by atoms with van der Waals surface area (Å²) < 4.78 is 0. The summed E-state index contributed by atoms with van der Waals surface area (Å²) in [4.78, 5) is 0. The molecule has 0 radical (unpaired) electrons. The monoisotopic (exact) mass is 380 g/mol. The Morgan fingerprint density at radius 3 is 1.13 bits per heavy atom. The third kappa shape index (κ3) is 2.86. The van der Waals surface area contributed by atoms with E-state index < -0.39 is 0 Å². The predicted octanol–water partition coefficient (Wildman–Crippen LogP) is 8.47. The molecular weight excluding hydrogens is 360 g/mol. The molecule has 0 saturated carbocycles. The van der Waals surface area contributed by atoms with Crippen molar-refractivity contribution in [2.45, 2.75) is 0 Å². The van der Waals surface area contributed by atoms with Crippen LogP contribution in [0.3, 0.4) is 0 Å². The van der Waals surface area contributed by atoms with E-state index in [0.29, 0.717) is 0 Å².